The summed E-state index contributed by atoms with van der Waals surface area (Å²) in [5, 5.41) is 2.57. The van der Waals surface area contributed by atoms with Crippen LogP contribution < -0.4 is 15.8 Å². The first-order valence-electron chi connectivity index (χ1n) is 6.44. The Kier molecular flexibility index (Phi) is 6.12. The molecule has 0 heterocycles. The van der Waals surface area contributed by atoms with Gasteiger partial charge in [-0.25, -0.2) is 13.1 Å². The fourth-order valence-corrected chi connectivity index (χ4v) is 3.21. The van der Waals surface area contributed by atoms with Gasteiger partial charge in [0.2, 0.25) is 15.9 Å². The van der Waals surface area contributed by atoms with E-state index in [0.717, 1.165) is 5.56 Å². The van der Waals surface area contributed by atoms with E-state index < -0.39 is 16.1 Å². The van der Waals surface area contributed by atoms with Crippen molar-refractivity contribution in [2.75, 3.05) is 6.54 Å². The van der Waals surface area contributed by atoms with Crippen LogP contribution in [-0.2, 0) is 27.1 Å². The van der Waals surface area contributed by atoms with Gasteiger partial charge in [-0.05, 0) is 25.0 Å². The van der Waals surface area contributed by atoms with Crippen LogP contribution in [0.3, 0.4) is 0 Å². The minimum absolute atomic E-state index is 0.190. The number of carbonyl (C=O) groups excluding carboxylic acids is 1. The highest BCUT2D eigenvalue weighted by atomic mass is 32.2. The van der Waals surface area contributed by atoms with E-state index in [0.29, 0.717) is 12.1 Å². The molecule has 1 aromatic carbocycles. The summed E-state index contributed by atoms with van der Waals surface area (Å²) in [5.74, 6) is -0.535. The van der Waals surface area contributed by atoms with Crippen molar-refractivity contribution in [2.24, 2.45) is 5.73 Å². The summed E-state index contributed by atoms with van der Waals surface area (Å²) in [7, 11) is -3.60. The Morgan fingerprint density at radius 3 is 2.45 bits per heavy atom. The predicted molar refractivity (Wildman–Crippen MR) is 78.2 cm³/mol. The number of rotatable bonds is 7. The molecule has 1 aromatic rings. The minimum atomic E-state index is -3.60. The van der Waals surface area contributed by atoms with E-state index in [4.69, 9.17) is 5.73 Å². The van der Waals surface area contributed by atoms with Crippen LogP contribution >= 0.6 is 0 Å². The van der Waals surface area contributed by atoms with Gasteiger partial charge in [-0.1, -0.05) is 24.3 Å². The highest BCUT2D eigenvalue weighted by Crippen LogP contribution is 2.11. The summed E-state index contributed by atoms with van der Waals surface area (Å²) >= 11 is 0. The van der Waals surface area contributed by atoms with Crippen LogP contribution in [0.4, 0.5) is 0 Å². The molecule has 0 bridgehead atoms. The average Bonchev–Trinajstić information content (AvgIpc) is 2.38. The van der Waals surface area contributed by atoms with Crippen molar-refractivity contribution in [1.82, 2.24) is 10.0 Å². The lowest BCUT2D eigenvalue weighted by molar-refractivity contribution is -0.122. The van der Waals surface area contributed by atoms with Crippen LogP contribution in [0.25, 0.3) is 0 Å². The van der Waals surface area contributed by atoms with Gasteiger partial charge >= 0.3 is 0 Å². The maximum Gasteiger partial charge on any atom is 0.237 e. The Labute approximate surface area is 119 Å². The Balaban J connectivity index is 2.77. The molecule has 112 valence electrons. The fourth-order valence-electron chi connectivity index (χ4n) is 1.79. The first-order valence-corrected chi connectivity index (χ1v) is 8.09. The third kappa shape index (κ3) is 4.92. The smallest absolute Gasteiger partial charge is 0.237 e. The van der Waals surface area contributed by atoms with Crippen molar-refractivity contribution in [2.45, 2.75) is 32.2 Å². The Morgan fingerprint density at radius 1 is 1.30 bits per heavy atom. The molecule has 0 aromatic heterocycles. The molecule has 0 aliphatic carbocycles. The molecule has 1 rings (SSSR count). The molecule has 0 saturated heterocycles. The highest BCUT2D eigenvalue weighted by Gasteiger charge is 2.20. The van der Waals surface area contributed by atoms with Crippen LogP contribution in [0.2, 0.25) is 0 Å². The molecule has 0 fully saturated rings. The number of nitrogens with one attached hydrogen (secondary N) is 2. The van der Waals surface area contributed by atoms with Gasteiger partial charge < -0.3 is 11.1 Å². The van der Waals surface area contributed by atoms with Gasteiger partial charge in [-0.2, -0.15) is 0 Å². The van der Waals surface area contributed by atoms with Crippen molar-refractivity contribution < 1.29 is 13.2 Å². The van der Waals surface area contributed by atoms with Gasteiger partial charge in [-0.3, -0.25) is 4.79 Å². The number of likely N-dealkylation sites (N-methyl/N-ethyl adjacent to an activating group) is 1. The van der Waals surface area contributed by atoms with E-state index in [1.54, 1.807) is 25.1 Å². The largest absolute Gasteiger partial charge is 0.355 e. The third-order valence-electron chi connectivity index (χ3n) is 2.78. The number of hydrogen-bond acceptors (Lipinski definition) is 4. The lowest BCUT2D eigenvalue weighted by atomic mass is 10.1. The predicted octanol–water partition coefficient (Wildman–Crippen LogP) is 0.0893. The molecule has 0 aliphatic rings. The van der Waals surface area contributed by atoms with Gasteiger partial charge in [0.1, 0.15) is 0 Å². The summed E-state index contributed by atoms with van der Waals surface area (Å²) in [6.07, 6.45) is 0. The first-order chi connectivity index (χ1) is 9.39. The lowest BCUT2D eigenvalue weighted by Gasteiger charge is -2.14. The van der Waals surface area contributed by atoms with Gasteiger partial charge in [-0.15, -0.1) is 0 Å². The third-order valence-corrected chi connectivity index (χ3v) is 4.19. The summed E-state index contributed by atoms with van der Waals surface area (Å²) < 4.78 is 26.5. The Morgan fingerprint density at radius 2 is 1.90 bits per heavy atom. The normalized spacial score (nSPS) is 12.9. The zero-order chi connectivity index (χ0) is 15.2. The molecular formula is C13H21N3O3S. The van der Waals surface area contributed by atoms with Crippen molar-refractivity contribution in [1.29, 1.82) is 0 Å². The number of amides is 1. The highest BCUT2D eigenvalue weighted by molar-refractivity contribution is 7.88. The van der Waals surface area contributed by atoms with Crippen molar-refractivity contribution in [3.8, 4) is 0 Å². The molecule has 7 heteroatoms. The van der Waals surface area contributed by atoms with Crippen molar-refractivity contribution >= 4 is 15.9 Å². The molecule has 0 radical (unpaired) electrons. The van der Waals surface area contributed by atoms with Crippen LogP contribution in [-0.4, -0.2) is 26.9 Å². The van der Waals surface area contributed by atoms with E-state index >= 15 is 0 Å². The Bertz CT molecular complexity index is 558. The van der Waals surface area contributed by atoms with Crippen LogP contribution in [0, 0.1) is 0 Å². The number of benzene rings is 1. The van der Waals surface area contributed by atoms with E-state index in [2.05, 4.69) is 10.0 Å². The number of nitrogens with two attached hydrogens (primary N) is 1. The second-order valence-electron chi connectivity index (χ2n) is 4.47. The topological polar surface area (TPSA) is 101 Å². The molecule has 1 unspecified atom stereocenters. The number of carbonyl (C=O) groups is 1. The van der Waals surface area contributed by atoms with Crippen molar-refractivity contribution in [3.63, 3.8) is 0 Å². The fraction of sp³-hybridized carbons (Fsp3) is 0.462. The summed E-state index contributed by atoms with van der Waals surface area (Å²) in [5.41, 5.74) is 7.00. The van der Waals surface area contributed by atoms with Gasteiger partial charge in [0, 0.05) is 13.1 Å². The monoisotopic (exact) mass is 299 g/mol. The molecule has 1 amide bonds. The van der Waals surface area contributed by atoms with Gasteiger partial charge in [0.25, 0.3) is 0 Å². The maximum absolute atomic E-state index is 12.1. The molecule has 0 aliphatic heterocycles. The molecule has 6 nitrogen and oxygen atoms in total. The Hall–Kier alpha value is -1.44. The quantitative estimate of drug-likeness (QED) is 0.664. The average molecular weight is 299 g/mol. The maximum atomic E-state index is 12.1. The molecule has 0 spiro atoms. The summed E-state index contributed by atoms with van der Waals surface area (Å²) in [4.78, 5) is 11.5. The molecule has 20 heavy (non-hydrogen) atoms. The van der Waals surface area contributed by atoms with Gasteiger partial charge in [0.15, 0.2) is 0 Å². The SMILES string of the molecule is CCNC(=O)C(C)NS(=O)(=O)Cc1ccccc1CN. The summed E-state index contributed by atoms with van der Waals surface area (Å²) in [6.45, 7) is 4.02. The lowest BCUT2D eigenvalue weighted by Crippen LogP contribution is -2.45. The van der Waals surface area contributed by atoms with Crippen LogP contribution in [0.15, 0.2) is 24.3 Å². The van der Waals surface area contributed by atoms with Gasteiger partial charge in [0.05, 0.1) is 11.8 Å². The molecule has 1 atom stereocenters. The minimum Gasteiger partial charge on any atom is -0.355 e. The van der Waals surface area contributed by atoms with E-state index in [1.165, 1.54) is 6.92 Å². The zero-order valence-corrected chi connectivity index (χ0v) is 12.5. The second-order valence-corrected chi connectivity index (χ2v) is 6.22. The van der Waals surface area contributed by atoms with Crippen LogP contribution in [0.1, 0.15) is 25.0 Å². The first kappa shape index (κ1) is 16.6. The standard InChI is InChI=1S/C13H21N3O3S/c1-3-15-13(17)10(2)16-20(18,19)9-12-7-5-4-6-11(12)8-14/h4-7,10,16H,3,8-9,14H2,1-2H3,(H,15,17). The van der Waals surface area contributed by atoms with E-state index in [9.17, 15) is 13.2 Å². The number of sulfonamides is 1. The zero-order valence-electron chi connectivity index (χ0n) is 11.7. The number of hydrogen-bond donors (Lipinski definition) is 3. The second kappa shape index (κ2) is 7.37. The molecular weight excluding hydrogens is 278 g/mol. The molecule has 4 N–H and O–H groups in total. The summed E-state index contributed by atoms with van der Waals surface area (Å²) in [6, 6.07) is 6.28. The van der Waals surface area contributed by atoms with Crippen molar-refractivity contribution in [3.05, 3.63) is 35.4 Å². The van der Waals surface area contributed by atoms with Crippen LogP contribution in [0.5, 0.6) is 0 Å². The van der Waals surface area contributed by atoms with E-state index in [1.807, 2.05) is 6.07 Å². The molecule has 0 saturated carbocycles. The van der Waals surface area contributed by atoms with E-state index in [-0.39, 0.29) is 18.2 Å².